The highest BCUT2D eigenvalue weighted by Gasteiger charge is 2.05. The highest BCUT2D eigenvalue weighted by Crippen LogP contribution is 2.19. The van der Waals surface area contributed by atoms with Gasteiger partial charge >= 0.3 is 0 Å². The Morgan fingerprint density at radius 3 is 3.00 bits per heavy atom. The van der Waals surface area contributed by atoms with E-state index in [1.165, 1.54) is 0 Å². The van der Waals surface area contributed by atoms with Crippen molar-refractivity contribution in [2.45, 2.75) is 20.1 Å². The number of nitrogens with zero attached hydrogens (tertiary/aromatic N) is 2. The minimum Gasteiger partial charge on any atom is -0.392 e. The molecule has 0 radical (unpaired) electrons. The highest BCUT2D eigenvalue weighted by atomic mass is 79.9. The molecule has 0 atom stereocenters. The minimum absolute atomic E-state index is 0.0368. The number of aryl methyl sites for hydroxylation is 1. The lowest BCUT2D eigenvalue weighted by molar-refractivity contribution is 0.282. The zero-order valence-corrected chi connectivity index (χ0v) is 11.7. The van der Waals surface area contributed by atoms with Gasteiger partial charge < -0.3 is 10.4 Å². The number of nitrogens with one attached hydrogen (secondary N) is 1. The fourth-order valence-corrected chi connectivity index (χ4v) is 2.42. The van der Waals surface area contributed by atoms with Crippen LogP contribution in [0.5, 0.6) is 0 Å². The zero-order chi connectivity index (χ0) is 12.3. The number of hydrogen-bond acceptors (Lipinski definition) is 5. The number of halogens is 1. The largest absolute Gasteiger partial charge is 0.392 e. The molecule has 2 aromatic heterocycles. The van der Waals surface area contributed by atoms with Crippen LogP contribution in [0, 0.1) is 6.92 Å². The van der Waals surface area contributed by atoms with Crippen LogP contribution in [0.3, 0.4) is 0 Å². The van der Waals surface area contributed by atoms with E-state index >= 15 is 0 Å². The number of rotatable bonds is 4. The number of aliphatic hydroxyl groups excluding tert-OH is 1. The van der Waals surface area contributed by atoms with E-state index in [0.717, 1.165) is 20.7 Å². The molecule has 2 rings (SSSR count). The van der Waals surface area contributed by atoms with Crippen LogP contribution < -0.4 is 5.32 Å². The third kappa shape index (κ3) is 3.24. The SMILES string of the molecule is Cc1nc(CNc2ncc(Br)cc2CO)cs1. The first-order chi connectivity index (χ1) is 8.19. The van der Waals surface area contributed by atoms with E-state index in [9.17, 15) is 5.11 Å². The Balaban J connectivity index is 2.08. The molecule has 6 heteroatoms. The number of aliphatic hydroxyl groups is 1. The van der Waals surface area contributed by atoms with Gasteiger partial charge in [-0.05, 0) is 28.9 Å². The maximum atomic E-state index is 9.23. The Hall–Kier alpha value is -0.980. The molecule has 2 aromatic rings. The Morgan fingerprint density at radius 1 is 1.53 bits per heavy atom. The number of pyridine rings is 1. The van der Waals surface area contributed by atoms with Gasteiger partial charge in [-0.1, -0.05) is 0 Å². The maximum absolute atomic E-state index is 9.23. The summed E-state index contributed by atoms with van der Waals surface area (Å²) < 4.78 is 0.858. The summed E-state index contributed by atoms with van der Waals surface area (Å²) in [7, 11) is 0. The van der Waals surface area contributed by atoms with Crippen molar-refractivity contribution in [2.24, 2.45) is 0 Å². The molecular weight excluding hydrogens is 302 g/mol. The lowest BCUT2D eigenvalue weighted by Crippen LogP contribution is -2.05. The second-order valence-corrected chi connectivity index (χ2v) is 5.51. The highest BCUT2D eigenvalue weighted by molar-refractivity contribution is 9.10. The van der Waals surface area contributed by atoms with Crippen LogP contribution in [-0.2, 0) is 13.2 Å². The van der Waals surface area contributed by atoms with E-state index in [0.29, 0.717) is 12.4 Å². The summed E-state index contributed by atoms with van der Waals surface area (Å²) in [6, 6.07) is 1.85. The van der Waals surface area contributed by atoms with Gasteiger partial charge in [0.05, 0.1) is 23.9 Å². The van der Waals surface area contributed by atoms with Crippen LogP contribution in [0.15, 0.2) is 22.1 Å². The van der Waals surface area contributed by atoms with Gasteiger partial charge in [-0.25, -0.2) is 9.97 Å². The lowest BCUT2D eigenvalue weighted by Gasteiger charge is -2.08. The summed E-state index contributed by atoms with van der Waals surface area (Å²) in [6.45, 7) is 2.56. The molecule has 90 valence electrons. The van der Waals surface area contributed by atoms with E-state index in [1.54, 1.807) is 17.5 Å². The molecule has 4 nitrogen and oxygen atoms in total. The van der Waals surface area contributed by atoms with Crippen molar-refractivity contribution in [1.29, 1.82) is 0 Å². The summed E-state index contributed by atoms with van der Waals surface area (Å²) in [6.07, 6.45) is 1.70. The predicted molar refractivity (Wildman–Crippen MR) is 72.0 cm³/mol. The van der Waals surface area contributed by atoms with E-state index in [2.05, 4.69) is 31.2 Å². The van der Waals surface area contributed by atoms with Crippen LogP contribution in [0.4, 0.5) is 5.82 Å². The number of aromatic nitrogens is 2. The topological polar surface area (TPSA) is 58.0 Å². The zero-order valence-electron chi connectivity index (χ0n) is 9.27. The van der Waals surface area contributed by atoms with Gasteiger partial charge in [-0.15, -0.1) is 11.3 Å². The summed E-state index contributed by atoms with van der Waals surface area (Å²) in [5, 5.41) is 15.5. The summed E-state index contributed by atoms with van der Waals surface area (Å²) in [4.78, 5) is 8.58. The Labute approximate surface area is 112 Å². The van der Waals surface area contributed by atoms with Crippen molar-refractivity contribution in [3.05, 3.63) is 38.4 Å². The van der Waals surface area contributed by atoms with Gasteiger partial charge in [0, 0.05) is 21.6 Å². The van der Waals surface area contributed by atoms with Gasteiger partial charge in [0.25, 0.3) is 0 Å². The van der Waals surface area contributed by atoms with Crippen LogP contribution in [0.1, 0.15) is 16.3 Å². The summed E-state index contributed by atoms with van der Waals surface area (Å²) in [5.41, 5.74) is 1.76. The Kier molecular flexibility index (Phi) is 4.09. The molecule has 17 heavy (non-hydrogen) atoms. The number of hydrogen-bond donors (Lipinski definition) is 2. The smallest absolute Gasteiger partial charge is 0.131 e. The van der Waals surface area contributed by atoms with Crippen LogP contribution >= 0.6 is 27.3 Å². The molecule has 0 bridgehead atoms. The monoisotopic (exact) mass is 313 g/mol. The fourth-order valence-electron chi connectivity index (χ4n) is 1.42. The normalized spacial score (nSPS) is 10.5. The van der Waals surface area contributed by atoms with Gasteiger partial charge in [0.2, 0.25) is 0 Å². The number of thiazole rings is 1. The van der Waals surface area contributed by atoms with Crippen molar-refractivity contribution in [3.63, 3.8) is 0 Å². The molecule has 0 spiro atoms. The van der Waals surface area contributed by atoms with Gasteiger partial charge in [0.1, 0.15) is 5.82 Å². The van der Waals surface area contributed by atoms with Crippen molar-refractivity contribution < 1.29 is 5.11 Å². The van der Waals surface area contributed by atoms with Gasteiger partial charge in [0.15, 0.2) is 0 Å². The van der Waals surface area contributed by atoms with Crippen molar-refractivity contribution in [2.75, 3.05) is 5.32 Å². The third-order valence-electron chi connectivity index (χ3n) is 2.21. The molecular formula is C11H12BrN3OS. The molecule has 0 amide bonds. The average molecular weight is 314 g/mol. The molecule has 0 aliphatic carbocycles. The van der Waals surface area contributed by atoms with Crippen molar-refractivity contribution >= 4 is 33.1 Å². The van der Waals surface area contributed by atoms with Crippen molar-refractivity contribution in [3.8, 4) is 0 Å². The molecule has 0 aliphatic rings. The molecule has 0 unspecified atom stereocenters. The second kappa shape index (κ2) is 5.57. The standard InChI is InChI=1S/C11H12BrN3OS/c1-7-15-10(6-17-7)4-14-11-8(5-16)2-9(12)3-13-11/h2-3,6,16H,4-5H2,1H3,(H,13,14). The first-order valence-electron chi connectivity index (χ1n) is 5.09. The predicted octanol–water partition coefficient (Wildman–Crippen LogP) is 2.71. The molecule has 0 saturated heterocycles. The van der Waals surface area contributed by atoms with Gasteiger partial charge in [-0.2, -0.15) is 0 Å². The minimum atomic E-state index is -0.0368. The first kappa shape index (κ1) is 12.5. The molecule has 2 heterocycles. The summed E-state index contributed by atoms with van der Waals surface area (Å²) in [5.74, 6) is 0.696. The molecule has 0 saturated carbocycles. The Bertz CT molecular complexity index is 515. The van der Waals surface area contributed by atoms with Crippen LogP contribution in [0.25, 0.3) is 0 Å². The maximum Gasteiger partial charge on any atom is 0.131 e. The molecule has 0 fully saturated rings. The molecule has 0 aliphatic heterocycles. The summed E-state index contributed by atoms with van der Waals surface area (Å²) >= 11 is 4.95. The lowest BCUT2D eigenvalue weighted by atomic mass is 10.2. The van der Waals surface area contributed by atoms with Crippen LogP contribution in [-0.4, -0.2) is 15.1 Å². The average Bonchev–Trinajstić information content (AvgIpc) is 2.73. The fraction of sp³-hybridized carbons (Fsp3) is 0.273. The molecule has 0 aromatic carbocycles. The van der Waals surface area contributed by atoms with E-state index in [-0.39, 0.29) is 6.61 Å². The molecule has 2 N–H and O–H groups in total. The van der Waals surface area contributed by atoms with E-state index in [1.807, 2.05) is 18.4 Å². The Morgan fingerprint density at radius 2 is 2.35 bits per heavy atom. The van der Waals surface area contributed by atoms with Gasteiger partial charge in [-0.3, -0.25) is 0 Å². The van der Waals surface area contributed by atoms with Crippen molar-refractivity contribution in [1.82, 2.24) is 9.97 Å². The van der Waals surface area contributed by atoms with Crippen LogP contribution in [0.2, 0.25) is 0 Å². The van der Waals surface area contributed by atoms with E-state index < -0.39 is 0 Å². The number of anilines is 1. The second-order valence-electron chi connectivity index (χ2n) is 3.53. The third-order valence-corrected chi connectivity index (χ3v) is 3.46. The quantitative estimate of drug-likeness (QED) is 0.911. The first-order valence-corrected chi connectivity index (χ1v) is 6.76. The van der Waals surface area contributed by atoms with E-state index in [4.69, 9.17) is 0 Å².